The van der Waals surface area contributed by atoms with Gasteiger partial charge in [0.15, 0.2) is 11.9 Å². The van der Waals surface area contributed by atoms with Crippen molar-refractivity contribution >= 4 is 59.1 Å². The predicted molar refractivity (Wildman–Crippen MR) is 285 cm³/mol. The van der Waals surface area contributed by atoms with Crippen LogP contribution in [0.15, 0.2) is 24.3 Å². The fourth-order valence-electron chi connectivity index (χ4n) is 9.52. The van der Waals surface area contributed by atoms with Crippen LogP contribution in [0.4, 0.5) is 17.6 Å². The number of alkyl halides is 4. The summed E-state index contributed by atoms with van der Waals surface area (Å²) in [4.78, 5) is 143. The fraction of sp³-hybridized carbons (Fsp3) is 0.714. The minimum atomic E-state index is -5.78. The summed E-state index contributed by atoms with van der Waals surface area (Å²) < 4.78 is 82.7. The molecule has 2 aliphatic rings. The number of cyclic esters (lactones) is 2. The lowest BCUT2D eigenvalue weighted by Gasteiger charge is -2.36. The molecule has 2 aliphatic heterocycles. The summed E-state index contributed by atoms with van der Waals surface area (Å²) in [7, 11) is 3.33. The number of methoxy groups -OCH3 is 1. The van der Waals surface area contributed by atoms with Crippen molar-refractivity contribution in [3.05, 3.63) is 29.8 Å². The monoisotopic (exact) mass is 1160 g/mol. The van der Waals surface area contributed by atoms with Crippen LogP contribution in [-0.2, 0) is 68.6 Å². The summed E-state index contributed by atoms with van der Waals surface area (Å²) in [5.41, 5.74) is 0.459. The Morgan fingerprint density at radius 2 is 1.47 bits per heavy atom. The number of carbonyl (C=O) groups excluding carboxylic acids is 10. The molecule has 0 spiro atoms. The third-order valence-corrected chi connectivity index (χ3v) is 14.5. The highest BCUT2D eigenvalue weighted by Gasteiger charge is 2.69. The molecule has 0 aliphatic carbocycles. The Morgan fingerprint density at radius 1 is 0.864 bits per heavy atom. The van der Waals surface area contributed by atoms with Crippen molar-refractivity contribution in [1.29, 1.82) is 0 Å². The molecule has 21 nitrogen and oxygen atoms in total. The largest absolute Gasteiger partial charge is 0.497 e. The Kier molecular flexibility index (Phi) is 25.1. The van der Waals surface area contributed by atoms with Crippen molar-refractivity contribution in [2.45, 2.75) is 201 Å². The van der Waals surface area contributed by atoms with E-state index < -0.39 is 168 Å². The van der Waals surface area contributed by atoms with Crippen LogP contribution in [0, 0.1) is 29.6 Å². The van der Waals surface area contributed by atoms with E-state index in [2.05, 4.69) is 20.7 Å². The number of aliphatic hydroxyl groups is 1. The maximum absolute atomic E-state index is 15.6. The number of nitrogens with zero attached hydrogens (tertiary/aromatic N) is 3. The summed E-state index contributed by atoms with van der Waals surface area (Å²) in [5.74, 6) is -28.3. The lowest BCUT2D eigenvalue weighted by molar-refractivity contribution is -0.233. The number of ketones is 1. The van der Waals surface area contributed by atoms with Crippen molar-refractivity contribution in [3.63, 3.8) is 0 Å². The van der Waals surface area contributed by atoms with Gasteiger partial charge in [-0.3, -0.25) is 38.4 Å². The topological polar surface area (TPSA) is 274 Å². The van der Waals surface area contributed by atoms with Crippen molar-refractivity contribution in [2.24, 2.45) is 29.6 Å². The minimum absolute atomic E-state index is 0.00862. The van der Waals surface area contributed by atoms with Gasteiger partial charge in [0, 0.05) is 27.1 Å². The number of benzene rings is 1. The Labute approximate surface area is 471 Å². The van der Waals surface area contributed by atoms with Crippen LogP contribution in [0.3, 0.4) is 0 Å². The summed E-state index contributed by atoms with van der Waals surface area (Å²) in [6.45, 7) is 17.6. The number of aliphatic hydroxyl groups excluding tert-OH is 1. The molecule has 0 radical (unpaired) electrons. The van der Waals surface area contributed by atoms with E-state index in [0.717, 1.165) is 25.7 Å². The molecule has 1 aromatic carbocycles. The van der Waals surface area contributed by atoms with Gasteiger partial charge in [-0.2, -0.15) is 17.6 Å². The maximum Gasteiger partial charge on any atom is 0.413 e. The van der Waals surface area contributed by atoms with Crippen molar-refractivity contribution in [1.82, 2.24) is 30.7 Å². The van der Waals surface area contributed by atoms with Crippen molar-refractivity contribution in [3.8, 4) is 5.75 Å². The van der Waals surface area contributed by atoms with E-state index in [9.17, 15) is 53.1 Å². The van der Waals surface area contributed by atoms with E-state index in [1.807, 2.05) is 0 Å². The molecule has 0 saturated carbocycles. The fourth-order valence-corrected chi connectivity index (χ4v) is 9.52. The Bertz CT molecular complexity index is 2410. The number of halogens is 4. The number of carbonyl (C=O) groups is 10. The van der Waals surface area contributed by atoms with Crippen LogP contribution in [0.1, 0.15) is 127 Å². The normalized spacial score (nSPS) is 25.4. The summed E-state index contributed by atoms with van der Waals surface area (Å²) >= 11 is 0. The van der Waals surface area contributed by atoms with Gasteiger partial charge in [-0.25, -0.2) is 9.59 Å². The number of ether oxygens (including phenoxy) is 4. The molecular weight excluding hydrogens is 1070 g/mol. The molecule has 81 heavy (non-hydrogen) atoms. The van der Waals surface area contributed by atoms with Crippen LogP contribution in [-0.4, -0.2) is 179 Å². The molecule has 0 unspecified atom stereocenters. The highest BCUT2D eigenvalue weighted by molar-refractivity contribution is 6.05. The Hall–Kier alpha value is -6.40. The van der Waals surface area contributed by atoms with Gasteiger partial charge in [-0.15, -0.1) is 0 Å². The zero-order chi connectivity index (χ0) is 61.8. The number of hydrogen-bond acceptors (Lipinski definition) is 15. The molecule has 1 aromatic rings. The van der Waals surface area contributed by atoms with Crippen LogP contribution in [0.5, 0.6) is 5.75 Å². The molecule has 3 rings (SSSR count). The third-order valence-electron chi connectivity index (χ3n) is 14.5. The summed E-state index contributed by atoms with van der Waals surface area (Å²) in [6.07, 6.45) is -7.37. The second-order valence-electron chi connectivity index (χ2n) is 22.7. The van der Waals surface area contributed by atoms with E-state index >= 15 is 17.6 Å². The van der Waals surface area contributed by atoms with Crippen LogP contribution >= 0.6 is 0 Å². The predicted octanol–water partition coefficient (Wildman–Crippen LogP) is 4.17. The van der Waals surface area contributed by atoms with Gasteiger partial charge in [0.05, 0.1) is 37.7 Å². The number of nitrogens with one attached hydrogen (secondary N) is 3. The number of hydrogen-bond donors (Lipinski definition) is 4. The highest BCUT2D eigenvalue weighted by Crippen LogP contribution is 2.38. The molecule has 4 N–H and O–H groups in total. The average Bonchev–Trinajstić information content (AvgIpc) is 3.89. The zero-order valence-corrected chi connectivity index (χ0v) is 49.1. The van der Waals surface area contributed by atoms with Gasteiger partial charge < -0.3 is 54.7 Å². The van der Waals surface area contributed by atoms with E-state index in [-0.39, 0.29) is 43.0 Å². The van der Waals surface area contributed by atoms with Crippen molar-refractivity contribution in [2.75, 3.05) is 27.7 Å². The van der Waals surface area contributed by atoms with Gasteiger partial charge in [0.25, 0.3) is 0 Å². The highest BCUT2D eigenvalue weighted by atomic mass is 19.3. The molecular formula is C56H84F4N6O15. The third kappa shape index (κ3) is 17.6. The SMILES string of the molecule is CC[C@H](C)[C@H]1NC(=O)[C@@H](NC(=O)[C@@H](CC(C)C)N(C)C(=O)C(F)(F)C(F)(F)C(=O)OC(C)C)[C@H](C)OC(=O)[C@H](Cc2ccc(OC)cc2)N(C)C(=O)[C@@H]2CCCN2C(=O)[C@@H](CC(C)C)NC(=O)[C@@H](C)C(=O)[C@@H](C(C)C)OC(=O)C[C@H]1O. The lowest BCUT2D eigenvalue weighted by atomic mass is 9.91. The molecule has 2 heterocycles. The number of rotatable bonds is 17. The summed E-state index contributed by atoms with van der Waals surface area (Å²) in [5, 5.41) is 19.3. The van der Waals surface area contributed by atoms with Gasteiger partial charge in [0.2, 0.25) is 29.5 Å². The second kappa shape index (κ2) is 29.5. The first kappa shape index (κ1) is 68.9. The molecule has 25 heteroatoms. The van der Waals surface area contributed by atoms with Gasteiger partial charge in [-0.1, -0.05) is 73.9 Å². The average molecular weight is 1160 g/mol. The quantitative estimate of drug-likeness (QED) is 0.0738. The van der Waals surface area contributed by atoms with Crippen LogP contribution < -0.4 is 20.7 Å². The molecule has 0 aromatic heterocycles. The molecule has 2 saturated heterocycles. The van der Waals surface area contributed by atoms with E-state index in [1.165, 1.54) is 39.8 Å². The molecule has 0 bridgehead atoms. The number of likely N-dealkylation sites (N-methyl/N-ethyl adjacent to an activating group) is 2. The Balaban J connectivity index is 2.32. The van der Waals surface area contributed by atoms with Crippen LogP contribution in [0.25, 0.3) is 0 Å². The summed E-state index contributed by atoms with van der Waals surface area (Å²) in [6, 6.07) is -3.24. The van der Waals surface area contributed by atoms with Gasteiger partial charge in [-0.05, 0) is 94.7 Å². The lowest BCUT2D eigenvalue weighted by Crippen LogP contribution is -2.63. The molecule has 11 atom stereocenters. The first-order valence-corrected chi connectivity index (χ1v) is 27.5. The van der Waals surface area contributed by atoms with Gasteiger partial charge in [0.1, 0.15) is 42.1 Å². The smallest absolute Gasteiger partial charge is 0.413 e. The number of amides is 6. The molecule has 6 amide bonds. The zero-order valence-electron chi connectivity index (χ0n) is 49.1. The first-order valence-electron chi connectivity index (χ1n) is 27.5. The number of esters is 3. The number of Topliss-reactive ketones (excluding diaryl/α,β-unsaturated/α-hetero) is 1. The molecule has 456 valence electrons. The first-order chi connectivity index (χ1) is 37.5. The van der Waals surface area contributed by atoms with E-state index in [0.29, 0.717) is 24.8 Å². The van der Waals surface area contributed by atoms with Crippen molar-refractivity contribution < 1.29 is 89.6 Å². The van der Waals surface area contributed by atoms with Crippen LogP contribution in [0.2, 0.25) is 0 Å². The van der Waals surface area contributed by atoms with E-state index in [1.54, 1.807) is 65.8 Å². The Morgan fingerprint density at radius 3 is 2.00 bits per heavy atom. The number of fused-ring (bicyclic) bond motifs is 1. The van der Waals surface area contributed by atoms with Gasteiger partial charge >= 0.3 is 35.7 Å². The minimum Gasteiger partial charge on any atom is -0.497 e. The van der Waals surface area contributed by atoms with E-state index in [4.69, 9.17) is 14.2 Å². The molecule has 2 fully saturated rings. The second-order valence-corrected chi connectivity index (χ2v) is 22.7. The maximum atomic E-state index is 15.6. The standard InChI is InChI=1S/C56H84F4N6O15/c1-16-32(10)43-41(67)27-42(68)81-46(30(6)7)45(69)33(11)47(70)61-37(24-28(2)3)50(73)66-23-17-18-38(66)51(74)64(13)40(26-35-19-21-36(78-15)22-20-35)52(75)80-34(12)44(49(72)62-43)63-48(71)39(25-29(4)5)65(14)53(76)55(57,58)56(59,60)54(77)79-31(8)9/h19-22,28-34,37-41,43-44,46,67H,16-18,23-27H2,1-15H3,(H,61,70)(H,62,72)(H,63,71)/t32-,33-,34-,37+,38-,39+,40-,41+,43+,44-,46+/m0/s1.